The number of carbonyl (C=O) groups is 1. The molecule has 0 saturated heterocycles. The van der Waals surface area contributed by atoms with Crippen molar-refractivity contribution < 1.29 is 22.7 Å². The Morgan fingerprint density at radius 1 is 1.11 bits per heavy atom. The second kappa shape index (κ2) is 5.09. The highest BCUT2D eigenvalue weighted by Crippen LogP contribution is 2.27. The van der Waals surface area contributed by atoms with Crippen LogP contribution in [-0.2, 0) is 0 Å². The normalized spacial score (nSPS) is 11.1. The lowest BCUT2D eigenvalue weighted by atomic mass is 10.1. The number of carbonyl (C=O) groups excluding carboxylic acids is 1. The zero-order valence-corrected chi connectivity index (χ0v) is 9.52. The Hall–Kier alpha value is -2.37. The maximum atomic E-state index is 12.1. The summed E-state index contributed by atoms with van der Waals surface area (Å²) in [5, 5.41) is 0. The average molecular weight is 267 g/mol. The van der Waals surface area contributed by atoms with Crippen LogP contribution in [0.2, 0.25) is 0 Å². The molecule has 19 heavy (non-hydrogen) atoms. The van der Waals surface area contributed by atoms with E-state index in [9.17, 15) is 18.0 Å². The molecule has 0 aliphatic rings. The zero-order chi connectivity index (χ0) is 13.9. The molecule has 98 valence electrons. The molecule has 0 aliphatic heterocycles. The number of pyridine rings is 1. The van der Waals surface area contributed by atoms with Gasteiger partial charge in [-0.1, -0.05) is 18.2 Å². The van der Waals surface area contributed by atoms with Gasteiger partial charge in [-0.3, -0.25) is 9.78 Å². The topological polar surface area (TPSA) is 39.2 Å². The average Bonchev–Trinajstić information content (AvgIpc) is 2.37. The molecule has 0 N–H and O–H groups in total. The number of halogens is 3. The number of hydrogen-bond acceptors (Lipinski definition) is 3. The van der Waals surface area contributed by atoms with Crippen LogP contribution in [0.1, 0.15) is 10.5 Å². The lowest BCUT2D eigenvalue weighted by Crippen LogP contribution is -2.17. The van der Waals surface area contributed by atoms with E-state index in [4.69, 9.17) is 0 Å². The second-order valence-electron chi connectivity index (χ2n) is 3.67. The lowest BCUT2D eigenvalue weighted by molar-refractivity contribution is -0.274. The van der Waals surface area contributed by atoms with E-state index in [1.807, 2.05) is 0 Å². The van der Waals surface area contributed by atoms with Crippen LogP contribution in [0.5, 0.6) is 5.75 Å². The van der Waals surface area contributed by atoms with Crippen LogP contribution in [0.25, 0.3) is 11.1 Å². The van der Waals surface area contributed by atoms with Crippen molar-refractivity contribution in [2.45, 2.75) is 6.36 Å². The Bertz CT molecular complexity index is 579. The monoisotopic (exact) mass is 267 g/mol. The highest BCUT2D eigenvalue weighted by molar-refractivity contribution is 5.73. The van der Waals surface area contributed by atoms with Crippen LogP contribution >= 0.6 is 0 Å². The minimum Gasteiger partial charge on any atom is -0.406 e. The predicted molar refractivity (Wildman–Crippen MR) is 61.7 cm³/mol. The Morgan fingerprint density at radius 3 is 2.47 bits per heavy atom. The van der Waals surface area contributed by atoms with Crippen LogP contribution in [0.15, 0.2) is 42.6 Å². The fraction of sp³-hybridized carbons (Fsp3) is 0.0769. The molecular weight excluding hydrogens is 259 g/mol. The molecule has 0 atom stereocenters. The summed E-state index contributed by atoms with van der Waals surface area (Å²) in [5.74, 6) is -0.301. The summed E-state index contributed by atoms with van der Waals surface area (Å²) < 4.78 is 40.1. The Morgan fingerprint density at radius 2 is 1.89 bits per heavy atom. The third-order valence-electron chi connectivity index (χ3n) is 2.31. The molecule has 2 aromatic rings. The highest BCUT2D eigenvalue weighted by atomic mass is 19.4. The number of benzene rings is 1. The summed E-state index contributed by atoms with van der Waals surface area (Å²) in [4.78, 5) is 14.3. The maximum absolute atomic E-state index is 12.1. The summed E-state index contributed by atoms with van der Waals surface area (Å²) in [6.07, 6.45) is -2.72. The number of rotatable bonds is 3. The van der Waals surface area contributed by atoms with Gasteiger partial charge in [-0.05, 0) is 23.8 Å². The van der Waals surface area contributed by atoms with Crippen LogP contribution in [0.3, 0.4) is 0 Å². The van der Waals surface area contributed by atoms with E-state index in [0.717, 1.165) is 0 Å². The van der Waals surface area contributed by atoms with E-state index in [1.54, 1.807) is 12.1 Å². The Labute approximate surface area is 106 Å². The van der Waals surface area contributed by atoms with Gasteiger partial charge >= 0.3 is 6.36 Å². The van der Waals surface area contributed by atoms with Gasteiger partial charge in [0.2, 0.25) is 0 Å². The van der Waals surface area contributed by atoms with E-state index in [0.29, 0.717) is 17.4 Å². The molecule has 6 heteroatoms. The van der Waals surface area contributed by atoms with Gasteiger partial charge in [0.15, 0.2) is 6.29 Å². The summed E-state index contributed by atoms with van der Waals surface area (Å²) in [5.41, 5.74) is 1.37. The van der Waals surface area contributed by atoms with Gasteiger partial charge in [-0.15, -0.1) is 13.2 Å². The van der Waals surface area contributed by atoms with E-state index in [2.05, 4.69) is 9.72 Å². The van der Waals surface area contributed by atoms with Gasteiger partial charge < -0.3 is 4.74 Å². The molecule has 1 heterocycles. The van der Waals surface area contributed by atoms with E-state index in [-0.39, 0.29) is 11.4 Å². The van der Waals surface area contributed by atoms with Crippen LogP contribution in [-0.4, -0.2) is 17.6 Å². The van der Waals surface area contributed by atoms with E-state index in [1.165, 1.54) is 30.5 Å². The lowest BCUT2D eigenvalue weighted by Gasteiger charge is -2.10. The van der Waals surface area contributed by atoms with Crippen LogP contribution in [0.4, 0.5) is 13.2 Å². The van der Waals surface area contributed by atoms with Gasteiger partial charge in [-0.2, -0.15) is 0 Å². The minimum absolute atomic E-state index is 0.256. The third kappa shape index (κ3) is 3.54. The molecule has 0 fully saturated rings. The summed E-state index contributed by atoms with van der Waals surface area (Å²) in [6, 6.07) is 8.63. The number of aromatic nitrogens is 1. The Balaban J connectivity index is 2.29. The van der Waals surface area contributed by atoms with Crippen molar-refractivity contribution in [3.63, 3.8) is 0 Å². The smallest absolute Gasteiger partial charge is 0.406 e. The number of aldehydes is 1. The third-order valence-corrected chi connectivity index (χ3v) is 2.31. The largest absolute Gasteiger partial charge is 0.573 e. The van der Waals surface area contributed by atoms with Crippen molar-refractivity contribution >= 4 is 6.29 Å². The maximum Gasteiger partial charge on any atom is 0.573 e. The molecule has 0 spiro atoms. The molecule has 1 aromatic heterocycles. The van der Waals surface area contributed by atoms with E-state index >= 15 is 0 Å². The first-order valence-corrected chi connectivity index (χ1v) is 5.25. The van der Waals surface area contributed by atoms with Gasteiger partial charge in [0.25, 0.3) is 0 Å². The number of alkyl halides is 3. The fourth-order valence-corrected chi connectivity index (χ4v) is 1.52. The van der Waals surface area contributed by atoms with Crippen molar-refractivity contribution in [1.82, 2.24) is 4.98 Å². The first kappa shape index (κ1) is 13.1. The molecule has 2 rings (SSSR count). The molecule has 0 unspecified atom stereocenters. The summed E-state index contributed by atoms with van der Waals surface area (Å²) in [7, 11) is 0. The molecule has 0 saturated carbocycles. The molecule has 0 amide bonds. The standard InChI is InChI=1S/C13H8F3NO2/c14-13(15,16)19-12-3-1-2-9(6-12)10-4-5-11(8-18)17-7-10/h1-8H. The molecule has 3 nitrogen and oxygen atoms in total. The SMILES string of the molecule is O=Cc1ccc(-c2cccc(OC(F)(F)F)c2)cn1. The molecule has 0 bridgehead atoms. The molecule has 0 radical (unpaired) electrons. The van der Waals surface area contributed by atoms with Crippen molar-refractivity contribution in [1.29, 1.82) is 0 Å². The molecule has 0 aliphatic carbocycles. The van der Waals surface area contributed by atoms with Crippen molar-refractivity contribution in [3.05, 3.63) is 48.3 Å². The Kier molecular flexibility index (Phi) is 3.50. The first-order valence-electron chi connectivity index (χ1n) is 5.25. The molecular formula is C13H8F3NO2. The minimum atomic E-state index is -4.72. The van der Waals surface area contributed by atoms with Gasteiger partial charge in [0.05, 0.1) is 0 Å². The predicted octanol–water partition coefficient (Wildman–Crippen LogP) is 3.46. The van der Waals surface area contributed by atoms with Gasteiger partial charge in [-0.25, -0.2) is 0 Å². The van der Waals surface area contributed by atoms with Crippen molar-refractivity contribution in [3.8, 4) is 16.9 Å². The van der Waals surface area contributed by atoms with Crippen LogP contribution in [0, 0.1) is 0 Å². The van der Waals surface area contributed by atoms with Gasteiger partial charge in [0, 0.05) is 11.8 Å². The number of nitrogens with zero attached hydrogens (tertiary/aromatic N) is 1. The zero-order valence-electron chi connectivity index (χ0n) is 9.52. The second-order valence-corrected chi connectivity index (χ2v) is 3.67. The van der Waals surface area contributed by atoms with E-state index < -0.39 is 6.36 Å². The van der Waals surface area contributed by atoms with Crippen molar-refractivity contribution in [2.24, 2.45) is 0 Å². The fourth-order valence-electron chi connectivity index (χ4n) is 1.52. The summed E-state index contributed by atoms with van der Waals surface area (Å²) in [6.45, 7) is 0. The van der Waals surface area contributed by atoms with Crippen molar-refractivity contribution in [2.75, 3.05) is 0 Å². The first-order chi connectivity index (χ1) is 8.98. The highest BCUT2D eigenvalue weighted by Gasteiger charge is 2.31. The van der Waals surface area contributed by atoms with Gasteiger partial charge in [0.1, 0.15) is 11.4 Å². The number of hydrogen-bond donors (Lipinski definition) is 0. The quantitative estimate of drug-likeness (QED) is 0.799. The summed E-state index contributed by atoms with van der Waals surface area (Å²) >= 11 is 0. The number of ether oxygens (including phenoxy) is 1. The molecule has 1 aromatic carbocycles. The van der Waals surface area contributed by atoms with Crippen LogP contribution < -0.4 is 4.74 Å².